The number of benzene rings is 4. The number of carbonyl (C=O) groups is 3. The third-order valence-corrected chi connectivity index (χ3v) is 8.81. The third-order valence-electron chi connectivity index (χ3n) is 8.81. The van der Waals surface area contributed by atoms with E-state index in [4.69, 9.17) is 9.47 Å². The normalized spacial score (nSPS) is 21.4. The van der Waals surface area contributed by atoms with Crippen LogP contribution in [0.4, 0.5) is 5.69 Å². The van der Waals surface area contributed by atoms with Crippen LogP contribution in [-0.4, -0.2) is 43.7 Å². The van der Waals surface area contributed by atoms with Crippen LogP contribution in [0.2, 0.25) is 0 Å². The van der Waals surface area contributed by atoms with Crippen molar-refractivity contribution in [3.05, 3.63) is 131 Å². The van der Waals surface area contributed by atoms with Gasteiger partial charge in [-0.3, -0.25) is 14.4 Å². The summed E-state index contributed by atoms with van der Waals surface area (Å²) in [4.78, 5) is 46.1. The van der Waals surface area contributed by atoms with Gasteiger partial charge in [0.2, 0.25) is 0 Å². The Bertz CT molecular complexity index is 1720. The molecule has 2 aliphatic heterocycles. The fraction of sp³-hybridized carbons (Fsp3) is 0.171. The molecule has 0 bridgehead atoms. The van der Waals surface area contributed by atoms with Gasteiger partial charge in [0.15, 0.2) is 17.3 Å². The van der Waals surface area contributed by atoms with E-state index in [0.717, 1.165) is 11.3 Å². The second-order valence-electron chi connectivity index (χ2n) is 10.6. The van der Waals surface area contributed by atoms with Crippen LogP contribution in [0.25, 0.3) is 6.08 Å². The minimum absolute atomic E-state index is 0.177. The van der Waals surface area contributed by atoms with E-state index in [9.17, 15) is 14.4 Å². The number of ether oxygens (including phenoxy) is 2. The Hall–Kier alpha value is -4.97. The monoisotopic (exact) mass is 541 g/mol. The molecule has 1 aliphatic carbocycles. The summed E-state index contributed by atoms with van der Waals surface area (Å²) in [5, 5.41) is 0. The van der Waals surface area contributed by atoms with Gasteiger partial charge < -0.3 is 14.4 Å². The molecule has 3 atom stereocenters. The zero-order valence-electron chi connectivity index (χ0n) is 22.6. The van der Waals surface area contributed by atoms with E-state index in [1.54, 1.807) is 62.8 Å². The summed E-state index contributed by atoms with van der Waals surface area (Å²) in [7, 11) is 3.15. The SMILES string of the molecule is COc1ccc(C(=O)[C@H]2[C@H](c3cccc(OC)c3)C3(C(=O)c4ccccc4C3=O)C3C=Cc4ccccc4N32)cc1. The summed E-state index contributed by atoms with van der Waals surface area (Å²) in [6.45, 7) is 0. The van der Waals surface area contributed by atoms with Crippen LogP contribution in [0.3, 0.4) is 0 Å². The lowest BCUT2D eigenvalue weighted by molar-refractivity contribution is 0.0665. The molecule has 6 heteroatoms. The van der Waals surface area contributed by atoms with E-state index in [0.29, 0.717) is 33.8 Å². The minimum atomic E-state index is -1.55. The molecular weight excluding hydrogens is 514 g/mol. The van der Waals surface area contributed by atoms with Crippen molar-refractivity contribution in [1.29, 1.82) is 0 Å². The van der Waals surface area contributed by atoms with Gasteiger partial charge in [-0.25, -0.2) is 0 Å². The number of fused-ring (bicyclic) bond motifs is 5. The van der Waals surface area contributed by atoms with Crippen molar-refractivity contribution in [2.45, 2.75) is 18.0 Å². The van der Waals surface area contributed by atoms with Gasteiger partial charge in [-0.05, 0) is 53.6 Å². The summed E-state index contributed by atoms with van der Waals surface area (Å²) in [6, 6.07) is 27.6. The van der Waals surface area contributed by atoms with Crippen molar-refractivity contribution < 1.29 is 23.9 Å². The summed E-state index contributed by atoms with van der Waals surface area (Å²) < 4.78 is 10.9. The molecule has 4 aromatic rings. The molecule has 41 heavy (non-hydrogen) atoms. The predicted octanol–water partition coefficient (Wildman–Crippen LogP) is 6.02. The van der Waals surface area contributed by atoms with Crippen LogP contribution in [0.1, 0.15) is 48.1 Å². The highest BCUT2D eigenvalue weighted by atomic mass is 16.5. The highest BCUT2D eigenvalue weighted by molar-refractivity contribution is 6.32. The lowest BCUT2D eigenvalue weighted by atomic mass is 9.64. The lowest BCUT2D eigenvalue weighted by Gasteiger charge is -2.37. The van der Waals surface area contributed by atoms with Crippen molar-refractivity contribution in [1.82, 2.24) is 0 Å². The molecule has 1 spiro atoms. The van der Waals surface area contributed by atoms with Gasteiger partial charge >= 0.3 is 0 Å². The standard InChI is InChI=1S/C35H27NO5/c1-40-24-17-14-22(15-18-24)32(37)31-30(23-9-7-10-25(20-23)41-2)35(33(38)26-11-4-5-12-27(26)34(35)39)29-19-16-21-8-3-6-13-28(21)36(29)31/h3-20,29-31H,1-2H3/t29?,30-,31+/m0/s1. The van der Waals surface area contributed by atoms with Crippen molar-refractivity contribution in [3.63, 3.8) is 0 Å². The number of carbonyl (C=O) groups excluding carboxylic acids is 3. The predicted molar refractivity (Wildman–Crippen MR) is 156 cm³/mol. The van der Waals surface area contributed by atoms with E-state index in [2.05, 4.69) is 0 Å². The summed E-state index contributed by atoms with van der Waals surface area (Å²) in [6.07, 6.45) is 3.89. The topological polar surface area (TPSA) is 72.9 Å². The molecule has 1 saturated heterocycles. The molecule has 6 nitrogen and oxygen atoms in total. The Labute approximate surface area is 237 Å². The van der Waals surface area contributed by atoms with Crippen molar-refractivity contribution in [2.75, 3.05) is 19.1 Å². The number of nitrogens with zero attached hydrogens (tertiary/aromatic N) is 1. The van der Waals surface area contributed by atoms with E-state index in [-0.39, 0.29) is 17.3 Å². The van der Waals surface area contributed by atoms with Crippen LogP contribution >= 0.6 is 0 Å². The first kappa shape index (κ1) is 25.0. The second kappa shape index (κ2) is 9.30. The van der Waals surface area contributed by atoms with E-state index in [1.165, 1.54) is 0 Å². The molecule has 0 amide bonds. The van der Waals surface area contributed by atoms with Gasteiger partial charge in [0, 0.05) is 28.3 Å². The number of hydrogen-bond donors (Lipinski definition) is 0. The second-order valence-corrected chi connectivity index (χ2v) is 10.6. The number of Topliss-reactive ketones (excluding diaryl/α,β-unsaturated/α-hetero) is 3. The average Bonchev–Trinajstić information content (AvgIpc) is 3.47. The molecule has 1 unspecified atom stereocenters. The average molecular weight is 542 g/mol. The smallest absolute Gasteiger partial charge is 0.185 e. The quantitative estimate of drug-likeness (QED) is 0.227. The van der Waals surface area contributed by atoms with Crippen LogP contribution < -0.4 is 14.4 Å². The number of para-hydroxylation sites is 1. The highest BCUT2D eigenvalue weighted by Crippen LogP contribution is 2.61. The molecule has 0 radical (unpaired) electrons. The van der Waals surface area contributed by atoms with Gasteiger partial charge in [0.05, 0.1) is 20.3 Å². The number of methoxy groups -OCH3 is 2. The van der Waals surface area contributed by atoms with Gasteiger partial charge in [0.1, 0.15) is 23.0 Å². The van der Waals surface area contributed by atoms with E-state index < -0.39 is 23.4 Å². The van der Waals surface area contributed by atoms with Crippen molar-refractivity contribution in [3.8, 4) is 11.5 Å². The molecule has 202 valence electrons. The number of rotatable bonds is 5. The van der Waals surface area contributed by atoms with Crippen LogP contribution in [0.5, 0.6) is 11.5 Å². The first-order chi connectivity index (χ1) is 20.0. The van der Waals surface area contributed by atoms with Gasteiger partial charge in [-0.15, -0.1) is 0 Å². The number of hydrogen-bond acceptors (Lipinski definition) is 6. The fourth-order valence-electron chi connectivity index (χ4n) is 7.05. The molecule has 0 N–H and O–H groups in total. The van der Waals surface area contributed by atoms with Crippen molar-refractivity contribution >= 4 is 29.1 Å². The van der Waals surface area contributed by atoms with Crippen LogP contribution in [0, 0.1) is 5.41 Å². The Morgan fingerprint density at radius 3 is 2.10 bits per heavy atom. The maximum Gasteiger partial charge on any atom is 0.185 e. The van der Waals surface area contributed by atoms with Crippen LogP contribution in [-0.2, 0) is 0 Å². The van der Waals surface area contributed by atoms with E-state index >= 15 is 0 Å². The number of ketones is 3. The molecule has 0 saturated carbocycles. The first-order valence-electron chi connectivity index (χ1n) is 13.6. The molecule has 4 aromatic carbocycles. The Morgan fingerprint density at radius 2 is 1.41 bits per heavy atom. The molecule has 1 fully saturated rings. The Kier molecular flexibility index (Phi) is 5.68. The number of anilines is 1. The molecule has 2 heterocycles. The van der Waals surface area contributed by atoms with Crippen molar-refractivity contribution in [2.24, 2.45) is 5.41 Å². The first-order valence-corrected chi connectivity index (χ1v) is 13.6. The van der Waals surface area contributed by atoms with Gasteiger partial charge in [-0.2, -0.15) is 0 Å². The minimum Gasteiger partial charge on any atom is -0.497 e. The summed E-state index contributed by atoms with van der Waals surface area (Å²) in [5.41, 5.74) is 2.16. The maximum absolute atomic E-state index is 14.7. The molecule has 3 aliphatic rings. The lowest BCUT2D eigenvalue weighted by Crippen LogP contribution is -2.48. The summed E-state index contributed by atoms with van der Waals surface area (Å²) >= 11 is 0. The Balaban J connectivity index is 1.53. The zero-order chi connectivity index (χ0) is 28.3. The fourth-order valence-corrected chi connectivity index (χ4v) is 7.05. The van der Waals surface area contributed by atoms with E-state index in [1.807, 2.05) is 65.6 Å². The Morgan fingerprint density at radius 1 is 0.756 bits per heavy atom. The largest absolute Gasteiger partial charge is 0.497 e. The van der Waals surface area contributed by atoms with Gasteiger partial charge in [-0.1, -0.05) is 66.7 Å². The third kappa shape index (κ3) is 3.40. The molecule has 7 rings (SSSR count). The summed E-state index contributed by atoms with van der Waals surface area (Å²) in [5.74, 6) is -0.256. The zero-order valence-corrected chi connectivity index (χ0v) is 22.6. The van der Waals surface area contributed by atoms with Crippen LogP contribution in [0.15, 0.2) is 103 Å². The maximum atomic E-state index is 14.7. The van der Waals surface area contributed by atoms with Gasteiger partial charge in [0.25, 0.3) is 0 Å². The molecular formula is C35H27NO5. The highest BCUT2D eigenvalue weighted by Gasteiger charge is 2.71. The molecule has 0 aromatic heterocycles.